The summed E-state index contributed by atoms with van der Waals surface area (Å²) in [5, 5.41) is 12.5. The first kappa shape index (κ1) is 14.0. The Labute approximate surface area is 112 Å². The number of nitrogens with zero attached hydrogens (tertiary/aromatic N) is 1. The number of thiazole rings is 1. The third-order valence-electron chi connectivity index (χ3n) is 2.65. The number of aromatic nitrogens is 1. The molecule has 0 saturated carbocycles. The van der Waals surface area contributed by atoms with Crippen molar-refractivity contribution in [2.75, 3.05) is 0 Å². The van der Waals surface area contributed by atoms with Crippen LogP contribution in [0.2, 0.25) is 0 Å². The van der Waals surface area contributed by atoms with E-state index in [2.05, 4.69) is 4.98 Å². The average Bonchev–Trinajstić information content (AvgIpc) is 2.81. The molecule has 0 aliphatic heterocycles. The van der Waals surface area contributed by atoms with Crippen LogP contribution in [0.5, 0.6) is 0 Å². The van der Waals surface area contributed by atoms with Gasteiger partial charge < -0.3 is 5.11 Å². The van der Waals surface area contributed by atoms with Crippen LogP contribution in [0, 0.1) is 0 Å². The van der Waals surface area contributed by atoms with Gasteiger partial charge in [-0.05, 0) is 24.1 Å². The molecule has 19 heavy (non-hydrogen) atoms. The third-order valence-corrected chi connectivity index (χ3v) is 3.45. The molecular formula is C13H12F3NOS. The van der Waals surface area contributed by atoms with E-state index in [4.69, 9.17) is 0 Å². The van der Waals surface area contributed by atoms with E-state index in [1.54, 1.807) is 6.20 Å². The molecule has 1 unspecified atom stereocenters. The minimum absolute atomic E-state index is 0.317. The zero-order valence-corrected chi connectivity index (χ0v) is 10.7. The van der Waals surface area contributed by atoms with Gasteiger partial charge in [0.2, 0.25) is 0 Å². The van der Waals surface area contributed by atoms with Crippen molar-refractivity contribution in [1.82, 2.24) is 4.98 Å². The van der Waals surface area contributed by atoms with E-state index in [1.165, 1.54) is 23.5 Å². The molecule has 1 N–H and O–H groups in total. The van der Waals surface area contributed by atoms with E-state index in [0.29, 0.717) is 18.4 Å². The molecular weight excluding hydrogens is 275 g/mol. The summed E-state index contributed by atoms with van der Waals surface area (Å²) in [6.45, 7) is 0. The predicted molar refractivity (Wildman–Crippen MR) is 67.0 cm³/mol. The smallest absolute Gasteiger partial charge is 0.392 e. The monoisotopic (exact) mass is 287 g/mol. The fourth-order valence-electron chi connectivity index (χ4n) is 1.73. The molecule has 1 aromatic carbocycles. The van der Waals surface area contributed by atoms with Crippen LogP contribution in [-0.4, -0.2) is 16.2 Å². The second-order valence-electron chi connectivity index (χ2n) is 4.18. The van der Waals surface area contributed by atoms with Crippen LogP contribution in [0.1, 0.15) is 16.1 Å². The number of halogens is 3. The number of hydrogen-bond donors (Lipinski definition) is 1. The molecule has 102 valence electrons. The van der Waals surface area contributed by atoms with Crippen LogP contribution in [0.25, 0.3) is 0 Å². The number of hydrogen-bond acceptors (Lipinski definition) is 3. The van der Waals surface area contributed by atoms with Crippen LogP contribution < -0.4 is 0 Å². The molecule has 0 radical (unpaired) electrons. The van der Waals surface area contributed by atoms with Gasteiger partial charge in [-0.25, -0.2) is 4.98 Å². The summed E-state index contributed by atoms with van der Waals surface area (Å²) in [7, 11) is 0. The Balaban J connectivity index is 1.96. The van der Waals surface area contributed by atoms with E-state index < -0.39 is 17.8 Å². The average molecular weight is 287 g/mol. The van der Waals surface area contributed by atoms with Crippen LogP contribution in [0.3, 0.4) is 0 Å². The van der Waals surface area contributed by atoms with Crippen LogP contribution >= 0.6 is 11.3 Å². The summed E-state index contributed by atoms with van der Waals surface area (Å²) in [4.78, 5) is 4.05. The molecule has 0 saturated heterocycles. The Morgan fingerprint density at radius 2 is 1.84 bits per heavy atom. The number of rotatable bonds is 4. The highest BCUT2D eigenvalue weighted by atomic mass is 32.1. The molecule has 6 heteroatoms. The van der Waals surface area contributed by atoms with Crippen molar-refractivity contribution in [3.8, 4) is 0 Å². The molecule has 0 fully saturated rings. The van der Waals surface area contributed by atoms with Crippen molar-refractivity contribution >= 4 is 11.3 Å². The molecule has 0 spiro atoms. The molecule has 0 aliphatic carbocycles. The van der Waals surface area contributed by atoms with Crippen LogP contribution in [0.15, 0.2) is 35.8 Å². The first-order valence-corrected chi connectivity index (χ1v) is 6.55. The van der Waals surface area contributed by atoms with Crippen molar-refractivity contribution in [1.29, 1.82) is 0 Å². The summed E-state index contributed by atoms with van der Waals surface area (Å²) in [5.74, 6) is 0. The lowest BCUT2D eigenvalue weighted by atomic mass is 10.0. The highest BCUT2D eigenvalue weighted by molar-refractivity contribution is 7.09. The van der Waals surface area contributed by atoms with Gasteiger partial charge >= 0.3 is 6.18 Å². The van der Waals surface area contributed by atoms with Crippen LogP contribution in [-0.2, 0) is 19.0 Å². The maximum Gasteiger partial charge on any atom is 0.416 e. The molecule has 1 heterocycles. The number of benzene rings is 1. The molecule has 2 aromatic rings. The third kappa shape index (κ3) is 4.04. The lowest BCUT2D eigenvalue weighted by Crippen LogP contribution is -2.14. The van der Waals surface area contributed by atoms with Gasteiger partial charge in [0.05, 0.1) is 16.7 Å². The Kier molecular flexibility index (Phi) is 4.21. The predicted octanol–water partition coefficient (Wildman–Crippen LogP) is 3.31. The number of alkyl halides is 3. The molecule has 2 rings (SSSR count). The standard InChI is InChI=1S/C13H12F3NOS/c14-13(15,16)10-3-1-9(2-4-10)7-11(18)8-12-17-5-6-19-12/h1-6,11,18H,7-8H2. The topological polar surface area (TPSA) is 33.1 Å². The van der Waals surface area contributed by atoms with Crippen molar-refractivity contribution in [2.45, 2.75) is 25.1 Å². The summed E-state index contributed by atoms with van der Waals surface area (Å²) in [5.41, 5.74) is 0.00252. The Hall–Kier alpha value is -1.40. The minimum atomic E-state index is -4.32. The minimum Gasteiger partial charge on any atom is -0.392 e. The van der Waals surface area contributed by atoms with Crippen molar-refractivity contribution in [3.63, 3.8) is 0 Å². The van der Waals surface area contributed by atoms with Gasteiger partial charge in [0.1, 0.15) is 0 Å². The lowest BCUT2D eigenvalue weighted by Gasteiger charge is -2.10. The van der Waals surface area contributed by atoms with E-state index >= 15 is 0 Å². The highest BCUT2D eigenvalue weighted by Gasteiger charge is 2.29. The van der Waals surface area contributed by atoms with E-state index in [-0.39, 0.29) is 0 Å². The SMILES string of the molecule is OC(Cc1ccc(C(F)(F)F)cc1)Cc1nccs1. The van der Waals surface area contributed by atoms with Gasteiger partial charge in [0.25, 0.3) is 0 Å². The molecule has 0 aliphatic rings. The highest BCUT2D eigenvalue weighted by Crippen LogP contribution is 2.29. The van der Waals surface area contributed by atoms with Crippen molar-refractivity contribution in [2.24, 2.45) is 0 Å². The van der Waals surface area contributed by atoms with Crippen molar-refractivity contribution in [3.05, 3.63) is 52.0 Å². The second kappa shape index (κ2) is 5.71. The molecule has 0 bridgehead atoms. The van der Waals surface area contributed by atoms with Gasteiger partial charge in [-0.2, -0.15) is 13.2 Å². The normalized spacial score (nSPS) is 13.5. The van der Waals surface area contributed by atoms with Gasteiger partial charge in [-0.15, -0.1) is 11.3 Å². The molecule has 2 nitrogen and oxygen atoms in total. The number of aliphatic hydroxyl groups excluding tert-OH is 1. The fourth-order valence-corrected chi connectivity index (χ4v) is 2.42. The molecule has 1 atom stereocenters. The molecule has 0 amide bonds. The molecule has 1 aromatic heterocycles. The zero-order chi connectivity index (χ0) is 13.9. The van der Waals surface area contributed by atoms with Gasteiger partial charge in [-0.3, -0.25) is 0 Å². The second-order valence-corrected chi connectivity index (χ2v) is 5.16. The number of aliphatic hydroxyl groups is 1. The van der Waals surface area contributed by atoms with Gasteiger partial charge in [-0.1, -0.05) is 12.1 Å². The summed E-state index contributed by atoms with van der Waals surface area (Å²) in [6, 6.07) is 4.86. The Morgan fingerprint density at radius 3 is 2.37 bits per heavy atom. The Bertz CT molecular complexity index is 508. The van der Waals surface area contributed by atoms with E-state index in [1.807, 2.05) is 5.38 Å². The van der Waals surface area contributed by atoms with Gasteiger partial charge in [0.15, 0.2) is 0 Å². The zero-order valence-electron chi connectivity index (χ0n) is 9.89. The van der Waals surface area contributed by atoms with E-state index in [9.17, 15) is 18.3 Å². The first-order valence-electron chi connectivity index (χ1n) is 5.68. The largest absolute Gasteiger partial charge is 0.416 e. The Morgan fingerprint density at radius 1 is 1.16 bits per heavy atom. The summed E-state index contributed by atoms with van der Waals surface area (Å²) in [6.07, 6.45) is -2.57. The lowest BCUT2D eigenvalue weighted by molar-refractivity contribution is -0.137. The van der Waals surface area contributed by atoms with Crippen LogP contribution in [0.4, 0.5) is 13.2 Å². The first-order chi connectivity index (χ1) is 8.95. The maximum atomic E-state index is 12.4. The maximum absolute atomic E-state index is 12.4. The van der Waals surface area contributed by atoms with Crippen molar-refractivity contribution < 1.29 is 18.3 Å². The summed E-state index contributed by atoms with van der Waals surface area (Å²) < 4.78 is 37.1. The fraction of sp³-hybridized carbons (Fsp3) is 0.308. The van der Waals surface area contributed by atoms with E-state index in [0.717, 1.165) is 17.1 Å². The summed E-state index contributed by atoms with van der Waals surface area (Å²) >= 11 is 1.45. The quantitative estimate of drug-likeness (QED) is 0.936. The van der Waals surface area contributed by atoms with Gasteiger partial charge in [0, 0.05) is 18.0 Å².